The van der Waals surface area contributed by atoms with Crippen molar-refractivity contribution in [3.05, 3.63) is 29.8 Å². The van der Waals surface area contributed by atoms with Gasteiger partial charge in [-0.3, -0.25) is 4.79 Å². The first kappa shape index (κ1) is 12.2. The minimum absolute atomic E-state index is 0.739. The first-order valence-electron chi connectivity index (χ1n) is 6.62. The van der Waals surface area contributed by atoms with Gasteiger partial charge in [0.15, 0.2) is 0 Å². The molecule has 1 aliphatic carbocycles. The summed E-state index contributed by atoms with van der Waals surface area (Å²) in [6.45, 7) is 3.33. The first-order chi connectivity index (χ1) is 8.33. The van der Waals surface area contributed by atoms with Gasteiger partial charge in [-0.2, -0.15) is 0 Å². The van der Waals surface area contributed by atoms with E-state index in [2.05, 4.69) is 12.2 Å². The predicted molar refractivity (Wildman–Crippen MR) is 71.4 cm³/mol. The number of carbonyl (C=O) groups excluding carboxylic acids is 1. The summed E-state index contributed by atoms with van der Waals surface area (Å²) in [5.41, 5.74) is 1.86. The molecule has 0 bridgehead atoms. The summed E-state index contributed by atoms with van der Waals surface area (Å²) in [7, 11) is 0. The van der Waals surface area contributed by atoms with Crippen LogP contribution >= 0.6 is 0 Å². The summed E-state index contributed by atoms with van der Waals surface area (Å²) in [5.74, 6) is 1.82. The number of nitrogens with one attached hydrogen (secondary N) is 1. The highest BCUT2D eigenvalue weighted by molar-refractivity contribution is 5.75. The van der Waals surface area contributed by atoms with Crippen LogP contribution in [0.1, 0.15) is 43.0 Å². The average molecular weight is 231 g/mol. The number of hydrogen-bond acceptors (Lipinski definition) is 2. The van der Waals surface area contributed by atoms with Gasteiger partial charge < -0.3 is 5.32 Å². The van der Waals surface area contributed by atoms with Crippen molar-refractivity contribution >= 4 is 12.0 Å². The van der Waals surface area contributed by atoms with Crippen molar-refractivity contribution in [3.8, 4) is 0 Å². The largest absolute Gasteiger partial charge is 0.385 e. The van der Waals surface area contributed by atoms with E-state index in [-0.39, 0.29) is 0 Å². The third kappa shape index (κ3) is 3.58. The number of benzene rings is 1. The van der Waals surface area contributed by atoms with Gasteiger partial charge in [0.05, 0.1) is 0 Å². The standard InChI is InChI=1S/C15H21NO/c1-2-3-4-13-9-14(13)10-16-15-7-5-12(11-17)6-8-15/h5-8,11,13-14,16H,2-4,9-10H2,1H3. The molecular formula is C15H21NO. The topological polar surface area (TPSA) is 29.1 Å². The molecule has 1 saturated carbocycles. The van der Waals surface area contributed by atoms with E-state index < -0.39 is 0 Å². The van der Waals surface area contributed by atoms with Gasteiger partial charge in [-0.05, 0) is 42.5 Å². The van der Waals surface area contributed by atoms with Gasteiger partial charge in [0.25, 0.3) is 0 Å². The van der Waals surface area contributed by atoms with Crippen LogP contribution in [0, 0.1) is 11.8 Å². The molecule has 17 heavy (non-hydrogen) atoms. The third-order valence-corrected chi connectivity index (χ3v) is 3.61. The zero-order valence-corrected chi connectivity index (χ0v) is 10.5. The molecule has 2 atom stereocenters. The van der Waals surface area contributed by atoms with Crippen molar-refractivity contribution in [1.82, 2.24) is 0 Å². The smallest absolute Gasteiger partial charge is 0.150 e. The highest BCUT2D eigenvalue weighted by Gasteiger charge is 2.35. The van der Waals surface area contributed by atoms with Crippen LogP contribution in [0.15, 0.2) is 24.3 Å². The Hall–Kier alpha value is -1.31. The molecule has 0 saturated heterocycles. The zero-order valence-electron chi connectivity index (χ0n) is 10.5. The highest BCUT2D eigenvalue weighted by Crippen LogP contribution is 2.42. The normalized spacial score (nSPS) is 22.2. The van der Waals surface area contributed by atoms with Crippen LogP contribution in [0.3, 0.4) is 0 Å². The second kappa shape index (κ2) is 5.85. The Balaban J connectivity index is 1.70. The fourth-order valence-corrected chi connectivity index (χ4v) is 2.31. The fraction of sp³-hybridized carbons (Fsp3) is 0.533. The number of aldehydes is 1. The van der Waals surface area contributed by atoms with Gasteiger partial charge in [0.1, 0.15) is 6.29 Å². The Morgan fingerprint density at radius 3 is 2.71 bits per heavy atom. The lowest BCUT2D eigenvalue weighted by molar-refractivity contribution is 0.112. The van der Waals surface area contributed by atoms with Gasteiger partial charge in [0.2, 0.25) is 0 Å². The van der Waals surface area contributed by atoms with E-state index in [0.29, 0.717) is 0 Å². The lowest BCUT2D eigenvalue weighted by atomic mass is 10.1. The SMILES string of the molecule is CCCCC1CC1CNc1ccc(C=O)cc1. The Morgan fingerprint density at radius 1 is 1.29 bits per heavy atom. The molecule has 1 fully saturated rings. The molecule has 0 heterocycles. The zero-order chi connectivity index (χ0) is 12.1. The lowest BCUT2D eigenvalue weighted by Crippen LogP contribution is -2.04. The molecule has 1 aromatic rings. The van der Waals surface area contributed by atoms with E-state index in [1.165, 1.54) is 25.7 Å². The molecule has 2 nitrogen and oxygen atoms in total. The van der Waals surface area contributed by atoms with E-state index in [1.807, 2.05) is 24.3 Å². The van der Waals surface area contributed by atoms with Crippen molar-refractivity contribution in [2.45, 2.75) is 32.6 Å². The van der Waals surface area contributed by atoms with Gasteiger partial charge in [-0.25, -0.2) is 0 Å². The van der Waals surface area contributed by atoms with Crippen LogP contribution in [0.4, 0.5) is 5.69 Å². The van der Waals surface area contributed by atoms with Gasteiger partial charge in [-0.1, -0.05) is 26.2 Å². The van der Waals surface area contributed by atoms with Crippen LogP contribution in [-0.4, -0.2) is 12.8 Å². The molecule has 2 unspecified atom stereocenters. The maximum atomic E-state index is 10.5. The van der Waals surface area contributed by atoms with E-state index in [9.17, 15) is 4.79 Å². The van der Waals surface area contributed by atoms with Crippen LogP contribution in [0.2, 0.25) is 0 Å². The van der Waals surface area contributed by atoms with Crippen LogP contribution in [0.5, 0.6) is 0 Å². The van der Waals surface area contributed by atoms with Gasteiger partial charge >= 0.3 is 0 Å². The lowest BCUT2D eigenvalue weighted by Gasteiger charge is -2.06. The minimum atomic E-state index is 0.739. The van der Waals surface area contributed by atoms with Crippen molar-refractivity contribution < 1.29 is 4.79 Å². The predicted octanol–water partition coefficient (Wildman–Crippen LogP) is 3.74. The van der Waals surface area contributed by atoms with Crippen molar-refractivity contribution in [1.29, 1.82) is 0 Å². The summed E-state index contributed by atoms with van der Waals surface area (Å²) in [5, 5.41) is 3.45. The highest BCUT2D eigenvalue weighted by atomic mass is 16.1. The molecule has 1 aliphatic rings. The maximum Gasteiger partial charge on any atom is 0.150 e. The second-order valence-electron chi connectivity index (χ2n) is 5.02. The Bertz CT molecular complexity index is 358. The summed E-state index contributed by atoms with van der Waals surface area (Å²) in [4.78, 5) is 10.5. The van der Waals surface area contributed by atoms with Crippen LogP contribution in [-0.2, 0) is 0 Å². The van der Waals surface area contributed by atoms with E-state index in [1.54, 1.807) is 0 Å². The summed E-state index contributed by atoms with van der Waals surface area (Å²) in [6.07, 6.45) is 6.34. The molecule has 0 aliphatic heterocycles. The average Bonchev–Trinajstić information content (AvgIpc) is 3.13. The molecule has 0 amide bonds. The molecule has 1 N–H and O–H groups in total. The molecule has 92 valence electrons. The van der Waals surface area contributed by atoms with Gasteiger partial charge in [0, 0.05) is 17.8 Å². The number of unbranched alkanes of at least 4 members (excludes halogenated alkanes) is 1. The summed E-state index contributed by atoms with van der Waals surface area (Å²) >= 11 is 0. The van der Waals surface area contributed by atoms with Gasteiger partial charge in [-0.15, -0.1) is 0 Å². The fourth-order valence-electron chi connectivity index (χ4n) is 2.31. The molecule has 2 heteroatoms. The third-order valence-electron chi connectivity index (χ3n) is 3.61. The van der Waals surface area contributed by atoms with E-state index in [4.69, 9.17) is 0 Å². The molecule has 0 radical (unpaired) electrons. The van der Waals surface area contributed by atoms with Crippen LogP contribution < -0.4 is 5.32 Å². The van der Waals surface area contributed by atoms with E-state index >= 15 is 0 Å². The van der Waals surface area contributed by atoms with Crippen LogP contribution in [0.25, 0.3) is 0 Å². The maximum absolute atomic E-state index is 10.5. The second-order valence-corrected chi connectivity index (χ2v) is 5.02. The van der Waals surface area contributed by atoms with Crippen molar-refractivity contribution in [2.75, 3.05) is 11.9 Å². The number of anilines is 1. The first-order valence-corrected chi connectivity index (χ1v) is 6.62. The Labute approximate surface area is 103 Å². The van der Waals surface area contributed by atoms with Crippen molar-refractivity contribution in [2.24, 2.45) is 11.8 Å². The summed E-state index contributed by atoms with van der Waals surface area (Å²) in [6, 6.07) is 7.67. The van der Waals surface area contributed by atoms with E-state index in [0.717, 1.165) is 35.9 Å². The molecular weight excluding hydrogens is 210 g/mol. The number of hydrogen-bond donors (Lipinski definition) is 1. The Morgan fingerprint density at radius 2 is 2.06 bits per heavy atom. The molecule has 1 aromatic carbocycles. The minimum Gasteiger partial charge on any atom is -0.385 e. The molecule has 0 spiro atoms. The molecule has 0 aromatic heterocycles. The van der Waals surface area contributed by atoms with Crippen molar-refractivity contribution in [3.63, 3.8) is 0 Å². The molecule has 2 rings (SSSR count). The monoisotopic (exact) mass is 231 g/mol. The number of rotatable bonds is 7. The quantitative estimate of drug-likeness (QED) is 0.724. The Kier molecular flexibility index (Phi) is 4.18. The summed E-state index contributed by atoms with van der Waals surface area (Å²) < 4.78 is 0. The number of carbonyl (C=O) groups is 1.